The van der Waals surface area contributed by atoms with Crippen molar-refractivity contribution in [2.45, 2.75) is 11.4 Å². The summed E-state index contributed by atoms with van der Waals surface area (Å²) in [5.74, 6) is -0.671. The molecular formula is C12H14BrFN4O2S. The highest BCUT2D eigenvalue weighted by Crippen LogP contribution is 2.29. The molecule has 1 heterocycles. The van der Waals surface area contributed by atoms with Gasteiger partial charge in [-0.3, -0.25) is 4.68 Å². The van der Waals surface area contributed by atoms with Crippen LogP contribution in [0.25, 0.3) is 0 Å². The predicted octanol–water partition coefficient (Wildman–Crippen LogP) is 1.72. The monoisotopic (exact) mass is 376 g/mol. The largest absolute Gasteiger partial charge is 0.396 e. The number of nitrogen functional groups attached to an aromatic ring is 1. The van der Waals surface area contributed by atoms with Crippen LogP contribution in [-0.4, -0.2) is 29.6 Å². The van der Waals surface area contributed by atoms with Crippen LogP contribution >= 0.6 is 15.9 Å². The number of aromatic nitrogens is 2. The Labute approximate surface area is 130 Å². The van der Waals surface area contributed by atoms with Gasteiger partial charge in [-0.2, -0.15) is 9.40 Å². The van der Waals surface area contributed by atoms with Crippen molar-refractivity contribution in [1.29, 1.82) is 0 Å². The Morgan fingerprint density at radius 2 is 2.14 bits per heavy atom. The summed E-state index contributed by atoms with van der Waals surface area (Å²) >= 11 is 3.06. The lowest BCUT2D eigenvalue weighted by molar-refractivity contribution is 0.466. The highest BCUT2D eigenvalue weighted by atomic mass is 79.9. The molecule has 2 rings (SSSR count). The van der Waals surface area contributed by atoms with E-state index in [9.17, 15) is 12.8 Å². The number of anilines is 1. The van der Waals surface area contributed by atoms with Crippen molar-refractivity contribution in [2.75, 3.05) is 12.8 Å². The number of halogens is 2. The topological polar surface area (TPSA) is 81.2 Å². The zero-order valence-corrected chi connectivity index (χ0v) is 13.8. The Kier molecular flexibility index (Phi) is 4.35. The molecule has 0 fully saturated rings. The molecule has 0 atom stereocenters. The van der Waals surface area contributed by atoms with E-state index < -0.39 is 15.8 Å². The molecule has 0 aliphatic carbocycles. The molecule has 0 radical (unpaired) electrons. The molecule has 0 saturated carbocycles. The zero-order valence-electron chi connectivity index (χ0n) is 11.4. The van der Waals surface area contributed by atoms with Gasteiger partial charge in [0.25, 0.3) is 0 Å². The van der Waals surface area contributed by atoms with Crippen LogP contribution in [-0.2, 0) is 23.6 Å². The minimum atomic E-state index is -3.80. The Bertz CT molecular complexity index is 776. The number of nitrogens with zero attached hydrogens (tertiary/aromatic N) is 3. The van der Waals surface area contributed by atoms with Crippen LogP contribution in [0, 0.1) is 5.82 Å². The molecule has 9 heteroatoms. The Morgan fingerprint density at radius 3 is 2.71 bits per heavy atom. The van der Waals surface area contributed by atoms with E-state index in [-0.39, 0.29) is 21.6 Å². The standard InChI is InChI=1S/C12H14BrFN4O2S/c1-17-6-8(5-16-17)7-18(2)21(19,20)12-4-11(15)10(14)3-9(12)13/h3-6H,7,15H2,1-2H3. The third kappa shape index (κ3) is 3.25. The Hall–Kier alpha value is -1.45. The molecule has 1 aromatic heterocycles. The Balaban J connectivity index is 2.35. The molecule has 0 bridgehead atoms. The summed E-state index contributed by atoms with van der Waals surface area (Å²) in [6.45, 7) is 0.153. The molecule has 0 aliphatic rings. The number of rotatable bonds is 4. The minimum absolute atomic E-state index is 0.0761. The van der Waals surface area contributed by atoms with Gasteiger partial charge in [0.2, 0.25) is 10.0 Å². The number of hydrogen-bond acceptors (Lipinski definition) is 4. The van der Waals surface area contributed by atoms with E-state index in [1.54, 1.807) is 24.1 Å². The molecule has 2 aromatic rings. The lowest BCUT2D eigenvalue weighted by atomic mass is 10.3. The van der Waals surface area contributed by atoms with E-state index in [1.165, 1.54) is 7.05 Å². The van der Waals surface area contributed by atoms with Crippen molar-refractivity contribution in [2.24, 2.45) is 7.05 Å². The minimum Gasteiger partial charge on any atom is -0.396 e. The average molecular weight is 377 g/mol. The highest BCUT2D eigenvalue weighted by molar-refractivity contribution is 9.10. The van der Waals surface area contributed by atoms with E-state index in [4.69, 9.17) is 5.73 Å². The fourth-order valence-electron chi connectivity index (χ4n) is 1.81. The molecule has 2 N–H and O–H groups in total. The zero-order chi connectivity index (χ0) is 15.8. The normalized spacial score (nSPS) is 12.0. The smallest absolute Gasteiger partial charge is 0.244 e. The van der Waals surface area contributed by atoms with Gasteiger partial charge in [0.15, 0.2) is 0 Å². The van der Waals surface area contributed by atoms with Gasteiger partial charge < -0.3 is 5.73 Å². The van der Waals surface area contributed by atoms with Crippen LogP contribution in [0.1, 0.15) is 5.56 Å². The van der Waals surface area contributed by atoms with Crippen LogP contribution in [0.4, 0.5) is 10.1 Å². The first-order valence-electron chi connectivity index (χ1n) is 5.90. The number of benzene rings is 1. The first-order chi connectivity index (χ1) is 9.71. The maximum Gasteiger partial charge on any atom is 0.244 e. The van der Waals surface area contributed by atoms with E-state index in [2.05, 4.69) is 21.0 Å². The first-order valence-corrected chi connectivity index (χ1v) is 8.13. The van der Waals surface area contributed by atoms with Crippen molar-refractivity contribution in [3.05, 3.63) is 40.4 Å². The molecule has 0 unspecified atom stereocenters. The SMILES string of the molecule is CN(Cc1cnn(C)c1)S(=O)(=O)c1cc(N)c(F)cc1Br. The summed E-state index contributed by atoms with van der Waals surface area (Å²) < 4.78 is 41.2. The lowest BCUT2D eigenvalue weighted by Crippen LogP contribution is -2.26. The van der Waals surface area contributed by atoms with Crippen LogP contribution in [0.2, 0.25) is 0 Å². The summed E-state index contributed by atoms with van der Waals surface area (Å²) in [7, 11) is -0.611. The van der Waals surface area contributed by atoms with Gasteiger partial charge in [-0.15, -0.1) is 0 Å². The van der Waals surface area contributed by atoms with Gasteiger partial charge in [-0.05, 0) is 28.1 Å². The van der Waals surface area contributed by atoms with Gasteiger partial charge in [-0.25, -0.2) is 12.8 Å². The molecule has 1 aromatic carbocycles. The number of hydrogen-bond donors (Lipinski definition) is 1. The van der Waals surface area contributed by atoms with E-state index in [0.717, 1.165) is 22.0 Å². The number of sulfonamides is 1. The van der Waals surface area contributed by atoms with Crippen LogP contribution in [0.15, 0.2) is 33.9 Å². The van der Waals surface area contributed by atoms with Crippen LogP contribution in [0.3, 0.4) is 0 Å². The molecule has 6 nitrogen and oxygen atoms in total. The quantitative estimate of drug-likeness (QED) is 0.823. The van der Waals surface area contributed by atoms with Gasteiger partial charge in [0.05, 0.1) is 16.8 Å². The summed E-state index contributed by atoms with van der Waals surface area (Å²) in [5.41, 5.74) is 5.98. The number of nitrogens with two attached hydrogens (primary N) is 1. The molecule has 21 heavy (non-hydrogen) atoms. The fraction of sp³-hybridized carbons (Fsp3) is 0.250. The van der Waals surface area contributed by atoms with E-state index in [1.807, 2.05) is 0 Å². The molecule has 0 aliphatic heterocycles. The van der Waals surface area contributed by atoms with Crippen molar-refractivity contribution in [1.82, 2.24) is 14.1 Å². The maximum atomic E-state index is 13.3. The highest BCUT2D eigenvalue weighted by Gasteiger charge is 2.25. The predicted molar refractivity (Wildman–Crippen MR) is 80.4 cm³/mol. The van der Waals surface area contributed by atoms with Crippen LogP contribution in [0.5, 0.6) is 0 Å². The molecule has 0 saturated heterocycles. The lowest BCUT2D eigenvalue weighted by Gasteiger charge is -2.17. The molecular weight excluding hydrogens is 363 g/mol. The van der Waals surface area contributed by atoms with Gasteiger partial charge in [0.1, 0.15) is 5.82 Å². The molecule has 0 amide bonds. The van der Waals surface area contributed by atoms with Crippen molar-refractivity contribution >= 4 is 31.6 Å². The van der Waals surface area contributed by atoms with Gasteiger partial charge in [-0.1, -0.05) is 0 Å². The van der Waals surface area contributed by atoms with E-state index in [0.29, 0.717) is 0 Å². The molecule has 114 valence electrons. The summed E-state index contributed by atoms with van der Waals surface area (Å²) in [6, 6.07) is 2.15. The molecule has 0 spiro atoms. The van der Waals surface area contributed by atoms with Crippen molar-refractivity contribution < 1.29 is 12.8 Å². The third-order valence-corrected chi connectivity index (χ3v) is 5.66. The maximum absolute atomic E-state index is 13.3. The van der Waals surface area contributed by atoms with Crippen molar-refractivity contribution in [3.63, 3.8) is 0 Å². The Morgan fingerprint density at radius 1 is 1.48 bits per heavy atom. The average Bonchev–Trinajstić information content (AvgIpc) is 2.79. The van der Waals surface area contributed by atoms with Gasteiger partial charge in [0, 0.05) is 36.9 Å². The second-order valence-electron chi connectivity index (χ2n) is 4.59. The fourth-order valence-corrected chi connectivity index (χ4v) is 3.97. The number of aryl methyl sites for hydroxylation is 1. The van der Waals surface area contributed by atoms with Crippen molar-refractivity contribution in [3.8, 4) is 0 Å². The van der Waals surface area contributed by atoms with Gasteiger partial charge >= 0.3 is 0 Å². The first kappa shape index (κ1) is 15.9. The second-order valence-corrected chi connectivity index (χ2v) is 7.46. The summed E-state index contributed by atoms with van der Waals surface area (Å²) in [4.78, 5) is -0.0761. The summed E-state index contributed by atoms with van der Waals surface area (Å²) in [5, 5.41) is 3.98. The second kappa shape index (κ2) is 5.74. The third-order valence-electron chi connectivity index (χ3n) is 2.90. The van der Waals surface area contributed by atoms with E-state index >= 15 is 0 Å². The summed E-state index contributed by atoms with van der Waals surface area (Å²) in [6.07, 6.45) is 3.31. The van der Waals surface area contributed by atoms with Crippen LogP contribution < -0.4 is 5.73 Å².